The molecule has 0 saturated carbocycles. The van der Waals surface area contributed by atoms with Crippen molar-refractivity contribution in [3.63, 3.8) is 0 Å². The first-order valence-corrected chi connectivity index (χ1v) is 16.9. The largest absolute Gasteiger partial charge is 0.341 e. The molecule has 0 aliphatic heterocycles. The van der Waals surface area contributed by atoms with Crippen LogP contribution in [0.25, 0.3) is 44.1 Å². The van der Waals surface area contributed by atoms with Crippen molar-refractivity contribution in [2.24, 2.45) is 0 Å². The number of aromatic nitrogens is 1. The highest BCUT2D eigenvalue weighted by atomic mass is 35.5. The number of rotatable bonds is 7. The Balaban J connectivity index is 1.32. The highest BCUT2D eigenvalue weighted by Crippen LogP contribution is 2.43. The van der Waals surface area contributed by atoms with E-state index in [0.717, 1.165) is 51.3 Å². The maximum Gasteiger partial charge on any atom is 0.0498 e. The molecule has 0 N–H and O–H groups in total. The third-order valence-electron chi connectivity index (χ3n) is 8.82. The van der Waals surface area contributed by atoms with Crippen LogP contribution in [0.3, 0.4) is 0 Å². The fourth-order valence-corrected chi connectivity index (χ4v) is 8.20. The standard InChI is InChI=1S/C41H33Cl2NS/c1-4-44-37(34-15-9-14-33-36(43)23-25-38(44)40(33)34)24-21-29-20-19-28(41(29)45-30-10-6-5-7-11-30)18-16-26(2)31-12-8-13-32-35(42)22-17-27(3)39(31)32/h5-18,21-25H,2,4,19-20H2,1,3H3/b18-16+,29-21+,37-24+. The van der Waals surface area contributed by atoms with E-state index in [1.54, 1.807) is 0 Å². The van der Waals surface area contributed by atoms with Crippen molar-refractivity contribution in [2.75, 3.05) is 0 Å². The first kappa shape index (κ1) is 29.7. The molecule has 0 atom stereocenters. The maximum absolute atomic E-state index is 6.62. The zero-order chi connectivity index (χ0) is 31.1. The molecule has 0 saturated heterocycles. The summed E-state index contributed by atoms with van der Waals surface area (Å²) in [6, 6.07) is 31.6. The average molecular weight is 643 g/mol. The van der Waals surface area contributed by atoms with Crippen LogP contribution in [0.15, 0.2) is 137 Å². The molecule has 0 radical (unpaired) electrons. The SMILES string of the molecule is C=C(/C=C/C1=C(Sc2ccccc2)C(=C/C=c2\c3cccc4c(Cl)ccc(c43)n2CC)/CC1)c1cccc2c(Cl)ccc(C)c12. The monoisotopic (exact) mass is 641 g/mol. The maximum atomic E-state index is 6.62. The Bertz CT molecular complexity index is 2270. The van der Waals surface area contributed by atoms with E-state index in [9.17, 15) is 0 Å². The smallest absolute Gasteiger partial charge is 0.0498 e. The Hall–Kier alpha value is -3.95. The lowest BCUT2D eigenvalue weighted by atomic mass is 9.95. The van der Waals surface area contributed by atoms with Crippen LogP contribution >= 0.6 is 35.0 Å². The number of hydrogen-bond acceptors (Lipinski definition) is 1. The van der Waals surface area contributed by atoms with E-state index in [-0.39, 0.29) is 0 Å². The van der Waals surface area contributed by atoms with Crippen LogP contribution in [0.1, 0.15) is 30.9 Å². The molecule has 5 aromatic carbocycles. The van der Waals surface area contributed by atoms with Gasteiger partial charge in [-0.25, -0.2) is 0 Å². The van der Waals surface area contributed by atoms with Gasteiger partial charge in [0.25, 0.3) is 0 Å². The van der Waals surface area contributed by atoms with Gasteiger partial charge >= 0.3 is 0 Å². The molecule has 1 aromatic heterocycles. The molecule has 45 heavy (non-hydrogen) atoms. The van der Waals surface area contributed by atoms with Gasteiger partial charge in [-0.05, 0) is 96.3 Å². The summed E-state index contributed by atoms with van der Waals surface area (Å²) in [7, 11) is 0. The summed E-state index contributed by atoms with van der Waals surface area (Å²) >= 11 is 15.0. The predicted octanol–water partition coefficient (Wildman–Crippen LogP) is 12.1. The van der Waals surface area contributed by atoms with Crippen molar-refractivity contribution in [2.45, 2.75) is 38.1 Å². The van der Waals surface area contributed by atoms with Crippen LogP contribution in [-0.2, 0) is 6.54 Å². The first-order valence-electron chi connectivity index (χ1n) is 15.4. The minimum Gasteiger partial charge on any atom is -0.341 e. The lowest BCUT2D eigenvalue weighted by Gasteiger charge is -2.11. The Kier molecular flexibility index (Phi) is 8.23. The average Bonchev–Trinajstić information content (AvgIpc) is 3.60. The molecule has 0 spiro atoms. The summed E-state index contributed by atoms with van der Waals surface area (Å²) in [5.41, 5.74) is 7.22. The summed E-state index contributed by atoms with van der Waals surface area (Å²) in [5.74, 6) is 0. The first-order chi connectivity index (χ1) is 21.9. The van der Waals surface area contributed by atoms with Gasteiger partial charge < -0.3 is 4.57 Å². The zero-order valence-corrected chi connectivity index (χ0v) is 27.7. The minimum absolute atomic E-state index is 0.768. The van der Waals surface area contributed by atoms with Crippen molar-refractivity contribution >= 4 is 79.1 Å². The van der Waals surface area contributed by atoms with E-state index in [1.165, 1.54) is 53.5 Å². The van der Waals surface area contributed by atoms with Gasteiger partial charge in [0.15, 0.2) is 0 Å². The number of thioether (sulfide) groups is 1. The van der Waals surface area contributed by atoms with E-state index < -0.39 is 0 Å². The topological polar surface area (TPSA) is 4.93 Å². The van der Waals surface area contributed by atoms with E-state index in [4.69, 9.17) is 23.2 Å². The van der Waals surface area contributed by atoms with Gasteiger partial charge in [-0.1, -0.05) is 120 Å². The van der Waals surface area contributed by atoms with E-state index in [1.807, 2.05) is 23.9 Å². The highest BCUT2D eigenvalue weighted by molar-refractivity contribution is 8.03. The molecule has 1 aliphatic rings. The quantitative estimate of drug-likeness (QED) is 0.157. The van der Waals surface area contributed by atoms with E-state index in [2.05, 4.69) is 128 Å². The number of fused-ring (bicyclic) bond motifs is 1. The summed E-state index contributed by atoms with van der Waals surface area (Å²) in [4.78, 5) is 2.55. The van der Waals surface area contributed by atoms with Gasteiger partial charge in [-0.3, -0.25) is 0 Å². The van der Waals surface area contributed by atoms with Crippen molar-refractivity contribution in [1.29, 1.82) is 0 Å². The molecule has 1 aliphatic carbocycles. The van der Waals surface area contributed by atoms with Crippen LogP contribution in [0.2, 0.25) is 10.0 Å². The Labute approximate surface area is 278 Å². The summed E-state index contributed by atoms with van der Waals surface area (Å²) in [6.07, 6.45) is 11.1. The molecular formula is C41H33Cl2NS. The molecule has 0 bridgehead atoms. The molecular weight excluding hydrogens is 609 g/mol. The second-order valence-corrected chi connectivity index (χ2v) is 13.4. The van der Waals surface area contributed by atoms with Gasteiger partial charge in [0.2, 0.25) is 0 Å². The van der Waals surface area contributed by atoms with Crippen molar-refractivity contribution in [1.82, 2.24) is 4.57 Å². The Morgan fingerprint density at radius 2 is 1.51 bits per heavy atom. The molecule has 0 unspecified atom stereocenters. The molecule has 1 heterocycles. The molecule has 1 nitrogen and oxygen atoms in total. The summed E-state index contributed by atoms with van der Waals surface area (Å²) in [6.45, 7) is 9.72. The summed E-state index contributed by atoms with van der Waals surface area (Å²) < 4.78 is 2.40. The van der Waals surface area contributed by atoms with Crippen molar-refractivity contribution in [3.8, 4) is 0 Å². The van der Waals surface area contributed by atoms with Gasteiger partial charge in [0.1, 0.15) is 0 Å². The molecule has 4 heteroatoms. The van der Waals surface area contributed by atoms with Crippen molar-refractivity contribution in [3.05, 3.63) is 158 Å². The lowest BCUT2D eigenvalue weighted by molar-refractivity contribution is 0.777. The van der Waals surface area contributed by atoms with Crippen LogP contribution < -0.4 is 5.35 Å². The predicted molar refractivity (Wildman–Crippen MR) is 198 cm³/mol. The van der Waals surface area contributed by atoms with Gasteiger partial charge in [0.05, 0.1) is 0 Å². The normalized spacial score (nSPS) is 15.2. The lowest BCUT2D eigenvalue weighted by Crippen LogP contribution is -2.14. The molecule has 7 rings (SSSR count). The number of allylic oxidation sites excluding steroid dienone is 6. The Morgan fingerprint density at radius 1 is 0.800 bits per heavy atom. The summed E-state index contributed by atoms with van der Waals surface area (Å²) in [5, 5.41) is 8.61. The van der Waals surface area contributed by atoms with Crippen LogP contribution in [0, 0.1) is 6.92 Å². The second-order valence-electron chi connectivity index (χ2n) is 11.5. The Morgan fingerprint density at radius 3 is 2.29 bits per heavy atom. The fraction of sp³-hybridized carbons (Fsp3) is 0.122. The van der Waals surface area contributed by atoms with Crippen LogP contribution in [0.5, 0.6) is 0 Å². The third kappa shape index (κ3) is 5.46. The molecule has 0 fully saturated rings. The van der Waals surface area contributed by atoms with Crippen molar-refractivity contribution < 1.29 is 0 Å². The molecule has 0 amide bonds. The number of hydrogen-bond donors (Lipinski definition) is 0. The van der Waals surface area contributed by atoms with E-state index in [0.29, 0.717) is 0 Å². The number of aryl methyl sites for hydroxylation is 2. The van der Waals surface area contributed by atoms with Crippen LogP contribution in [-0.4, -0.2) is 4.57 Å². The van der Waals surface area contributed by atoms with Gasteiger partial charge in [-0.15, -0.1) is 0 Å². The number of halogens is 2. The number of benzene rings is 5. The second kappa shape index (κ2) is 12.4. The van der Waals surface area contributed by atoms with Gasteiger partial charge in [-0.2, -0.15) is 0 Å². The zero-order valence-electron chi connectivity index (χ0n) is 25.4. The third-order valence-corrected chi connectivity index (χ3v) is 10.7. The highest BCUT2D eigenvalue weighted by Gasteiger charge is 2.20. The van der Waals surface area contributed by atoms with Gasteiger partial charge in [0, 0.05) is 58.8 Å². The number of nitrogens with zero attached hydrogens (tertiary/aromatic N) is 1. The van der Waals surface area contributed by atoms with E-state index >= 15 is 0 Å². The fourth-order valence-electron chi connectivity index (χ4n) is 6.63. The molecule has 6 aromatic rings. The minimum atomic E-state index is 0.768. The van der Waals surface area contributed by atoms with Crippen LogP contribution in [0.4, 0.5) is 0 Å². The molecule has 222 valence electrons.